The van der Waals surface area contributed by atoms with Gasteiger partial charge in [-0.2, -0.15) is 4.31 Å². The third-order valence-electron chi connectivity index (χ3n) is 6.49. The Morgan fingerprint density at radius 1 is 1.19 bits per heavy atom. The van der Waals surface area contributed by atoms with E-state index in [1.54, 1.807) is 4.90 Å². The Labute approximate surface area is 159 Å². The van der Waals surface area contributed by atoms with Crippen LogP contribution in [0.15, 0.2) is 30.3 Å². The number of aliphatic hydroxyl groups is 1. The molecule has 1 aromatic rings. The summed E-state index contributed by atoms with van der Waals surface area (Å²) in [6.07, 6.45) is 0.873. The lowest BCUT2D eigenvalue weighted by Gasteiger charge is -2.42. The highest BCUT2D eigenvalue weighted by Crippen LogP contribution is 2.47. The zero-order chi connectivity index (χ0) is 18.8. The zero-order valence-corrected chi connectivity index (χ0v) is 15.8. The number of sulfonamides is 1. The van der Waals surface area contributed by atoms with Gasteiger partial charge in [-0.1, -0.05) is 30.3 Å². The minimum Gasteiger partial charge on any atom is -0.393 e. The van der Waals surface area contributed by atoms with E-state index in [0.717, 1.165) is 5.56 Å². The zero-order valence-electron chi connectivity index (χ0n) is 15.0. The highest BCUT2D eigenvalue weighted by Gasteiger charge is 2.65. The number of fused-ring (bicyclic) bond motifs is 1. The molecule has 5 rings (SSSR count). The van der Waals surface area contributed by atoms with Gasteiger partial charge in [-0.15, -0.1) is 0 Å². The van der Waals surface area contributed by atoms with Gasteiger partial charge in [0.25, 0.3) is 0 Å². The molecular weight excluding hydrogens is 368 g/mol. The second kappa shape index (κ2) is 6.01. The van der Waals surface area contributed by atoms with Crippen molar-refractivity contribution >= 4 is 15.9 Å². The van der Waals surface area contributed by atoms with Crippen LogP contribution in [-0.4, -0.2) is 71.3 Å². The van der Waals surface area contributed by atoms with Crippen LogP contribution in [0.3, 0.4) is 0 Å². The molecule has 0 unspecified atom stereocenters. The van der Waals surface area contributed by atoms with Crippen LogP contribution >= 0.6 is 0 Å². The minimum atomic E-state index is -3.47. The minimum absolute atomic E-state index is 0.0348. The first-order valence-corrected chi connectivity index (χ1v) is 11.1. The molecule has 1 N–H and O–H groups in total. The van der Waals surface area contributed by atoms with Crippen molar-refractivity contribution < 1.29 is 23.1 Å². The highest BCUT2D eigenvalue weighted by atomic mass is 32.2. The molecule has 2 bridgehead atoms. The van der Waals surface area contributed by atoms with Crippen LogP contribution in [0.2, 0.25) is 0 Å². The van der Waals surface area contributed by atoms with Crippen molar-refractivity contribution in [3.05, 3.63) is 35.9 Å². The third kappa shape index (κ3) is 2.73. The van der Waals surface area contributed by atoms with E-state index in [-0.39, 0.29) is 24.0 Å². The number of hydrogen-bond donors (Lipinski definition) is 1. The second-order valence-electron chi connectivity index (χ2n) is 8.37. The van der Waals surface area contributed by atoms with Crippen molar-refractivity contribution in [3.8, 4) is 0 Å². The molecule has 4 aliphatic rings. The molecule has 3 saturated heterocycles. The van der Waals surface area contributed by atoms with Crippen molar-refractivity contribution in [2.75, 3.05) is 19.6 Å². The van der Waals surface area contributed by atoms with Gasteiger partial charge in [0.15, 0.2) is 0 Å². The van der Waals surface area contributed by atoms with Crippen molar-refractivity contribution in [2.24, 2.45) is 5.92 Å². The van der Waals surface area contributed by atoms with Crippen LogP contribution in [0.25, 0.3) is 0 Å². The van der Waals surface area contributed by atoms with Crippen LogP contribution in [0.5, 0.6) is 0 Å². The Morgan fingerprint density at radius 2 is 1.93 bits per heavy atom. The number of benzene rings is 1. The largest absolute Gasteiger partial charge is 0.393 e. The summed E-state index contributed by atoms with van der Waals surface area (Å²) in [5.41, 5.74) is 0.121. The molecule has 0 aromatic heterocycles. The number of likely N-dealkylation sites (tertiary alicyclic amines) is 1. The number of carbonyl (C=O) groups excluding carboxylic acids is 1. The predicted molar refractivity (Wildman–Crippen MR) is 97.1 cm³/mol. The Kier molecular flexibility index (Phi) is 3.92. The Hall–Kier alpha value is -1.48. The first-order chi connectivity index (χ1) is 12.9. The number of carbonyl (C=O) groups is 1. The van der Waals surface area contributed by atoms with Gasteiger partial charge in [0.1, 0.15) is 10.9 Å². The lowest BCUT2D eigenvalue weighted by molar-refractivity contribution is -0.160. The molecule has 8 heteroatoms. The Bertz CT molecular complexity index is 854. The molecule has 0 radical (unpaired) electrons. The quantitative estimate of drug-likeness (QED) is 0.802. The normalized spacial score (nSPS) is 39.8. The molecule has 1 spiro atoms. The molecule has 3 atom stereocenters. The Balaban J connectivity index is 1.37. The van der Waals surface area contributed by atoms with E-state index in [4.69, 9.17) is 4.74 Å². The second-order valence-corrected chi connectivity index (χ2v) is 10.5. The topological polar surface area (TPSA) is 87.2 Å². The van der Waals surface area contributed by atoms with E-state index in [2.05, 4.69) is 0 Å². The maximum atomic E-state index is 13.1. The molecule has 7 nitrogen and oxygen atoms in total. The fraction of sp³-hybridized carbons (Fsp3) is 0.632. The Morgan fingerprint density at radius 3 is 2.63 bits per heavy atom. The van der Waals surface area contributed by atoms with E-state index in [0.29, 0.717) is 45.4 Å². The summed E-state index contributed by atoms with van der Waals surface area (Å²) in [4.78, 5) is 14.5. The molecule has 1 aliphatic carbocycles. The lowest BCUT2D eigenvalue weighted by Crippen LogP contribution is -2.58. The number of nitrogens with zero attached hydrogens (tertiary/aromatic N) is 2. The molecule has 3 heterocycles. The van der Waals surface area contributed by atoms with Crippen LogP contribution < -0.4 is 0 Å². The summed E-state index contributed by atoms with van der Waals surface area (Å²) in [6.45, 7) is 1.41. The standard InChI is InChI=1S/C19H24N2O5S/c22-15-6-14(7-15)18(23)20-10-16-8-17-19(11-20,26-16)12-21(27(17,24)25)9-13-4-2-1-3-5-13/h1-5,14-17,22H,6-12H2/t14?,15?,16-,17+,19+/m1/s1. The molecule has 4 fully saturated rings. The number of amides is 1. The number of rotatable bonds is 3. The van der Waals surface area contributed by atoms with Gasteiger partial charge in [-0.05, 0) is 24.8 Å². The average Bonchev–Trinajstić information content (AvgIpc) is 2.98. The van der Waals surface area contributed by atoms with Gasteiger partial charge < -0.3 is 14.7 Å². The highest BCUT2D eigenvalue weighted by molar-refractivity contribution is 7.90. The van der Waals surface area contributed by atoms with Crippen molar-refractivity contribution in [1.82, 2.24) is 9.21 Å². The molecule has 27 heavy (non-hydrogen) atoms. The molecule has 3 aliphatic heterocycles. The van der Waals surface area contributed by atoms with E-state index in [9.17, 15) is 18.3 Å². The van der Waals surface area contributed by atoms with E-state index < -0.39 is 20.9 Å². The van der Waals surface area contributed by atoms with Crippen LogP contribution in [0.1, 0.15) is 24.8 Å². The van der Waals surface area contributed by atoms with Gasteiger partial charge in [-0.25, -0.2) is 8.42 Å². The van der Waals surface area contributed by atoms with Crippen LogP contribution in [0.4, 0.5) is 0 Å². The average molecular weight is 392 g/mol. The summed E-state index contributed by atoms with van der Waals surface area (Å²) in [5.74, 6) is -0.0988. The van der Waals surface area contributed by atoms with E-state index >= 15 is 0 Å². The van der Waals surface area contributed by atoms with Gasteiger partial charge in [-0.3, -0.25) is 4.79 Å². The summed E-state index contributed by atoms with van der Waals surface area (Å²) in [7, 11) is -3.47. The maximum absolute atomic E-state index is 13.1. The smallest absolute Gasteiger partial charge is 0.226 e. The number of ether oxygens (including phenoxy) is 1. The molecule has 1 amide bonds. The number of morpholine rings is 1. The molecule has 1 saturated carbocycles. The van der Waals surface area contributed by atoms with Crippen LogP contribution in [0, 0.1) is 5.92 Å². The fourth-order valence-corrected chi connectivity index (χ4v) is 7.39. The van der Waals surface area contributed by atoms with Crippen molar-refractivity contribution in [3.63, 3.8) is 0 Å². The number of aliphatic hydroxyl groups excluding tert-OH is 1. The van der Waals surface area contributed by atoms with E-state index in [1.165, 1.54) is 4.31 Å². The van der Waals surface area contributed by atoms with Gasteiger partial charge >= 0.3 is 0 Å². The lowest BCUT2D eigenvalue weighted by atomic mass is 9.81. The summed E-state index contributed by atoms with van der Waals surface area (Å²) < 4.78 is 34.0. The maximum Gasteiger partial charge on any atom is 0.226 e. The first kappa shape index (κ1) is 17.6. The fourth-order valence-electron chi connectivity index (χ4n) is 5.09. The van der Waals surface area contributed by atoms with Gasteiger partial charge in [0, 0.05) is 25.6 Å². The van der Waals surface area contributed by atoms with Gasteiger partial charge in [0.2, 0.25) is 15.9 Å². The third-order valence-corrected chi connectivity index (χ3v) is 8.81. The number of hydrogen-bond acceptors (Lipinski definition) is 5. The monoisotopic (exact) mass is 392 g/mol. The summed E-state index contributed by atoms with van der Waals surface area (Å²) in [5, 5.41) is 8.91. The van der Waals surface area contributed by atoms with E-state index in [1.807, 2.05) is 30.3 Å². The first-order valence-electron chi connectivity index (χ1n) is 9.55. The molecule has 1 aromatic carbocycles. The SMILES string of the molecule is O=C(C1CC(O)C1)N1C[C@H]2C[C@H]3[C@](C1)(CN(Cc1ccccc1)S3(=O)=O)O2. The van der Waals surface area contributed by atoms with Crippen molar-refractivity contribution in [1.29, 1.82) is 0 Å². The van der Waals surface area contributed by atoms with Gasteiger partial charge in [0.05, 0.1) is 18.8 Å². The summed E-state index contributed by atoms with van der Waals surface area (Å²) >= 11 is 0. The molecular formula is C19H24N2O5S. The van der Waals surface area contributed by atoms with Crippen LogP contribution in [-0.2, 0) is 26.1 Å². The summed E-state index contributed by atoms with van der Waals surface area (Å²) in [6, 6.07) is 9.55. The van der Waals surface area contributed by atoms with Crippen molar-refractivity contribution in [2.45, 2.75) is 48.9 Å². The predicted octanol–water partition coefficient (Wildman–Crippen LogP) is 0.341. The molecule has 146 valence electrons.